The predicted octanol–water partition coefficient (Wildman–Crippen LogP) is 4.98. The van der Waals surface area contributed by atoms with Crippen LogP contribution in [0.2, 0.25) is 5.02 Å². The lowest BCUT2D eigenvalue weighted by Gasteiger charge is -2.24. The minimum absolute atomic E-state index is 0.0861. The van der Waals surface area contributed by atoms with Crippen molar-refractivity contribution in [3.63, 3.8) is 0 Å². The Morgan fingerprint density at radius 3 is 2.34 bits per heavy atom. The van der Waals surface area contributed by atoms with Crippen molar-refractivity contribution >= 4 is 29.3 Å². The summed E-state index contributed by atoms with van der Waals surface area (Å²) in [6.45, 7) is 6.64. The third-order valence-corrected chi connectivity index (χ3v) is 4.57. The number of anilines is 1. The van der Waals surface area contributed by atoms with Gasteiger partial charge in [0.15, 0.2) is 0 Å². The van der Waals surface area contributed by atoms with Crippen LogP contribution in [0.4, 0.5) is 10.5 Å². The summed E-state index contributed by atoms with van der Waals surface area (Å²) in [5.74, 6) is 0.477. The molecule has 1 unspecified atom stereocenters. The molecule has 1 fully saturated rings. The van der Waals surface area contributed by atoms with Crippen molar-refractivity contribution in [3.8, 4) is 5.75 Å². The summed E-state index contributed by atoms with van der Waals surface area (Å²) in [7, 11) is 0. The smallest absolute Gasteiger partial charge is 0.410 e. The second-order valence-electron chi connectivity index (χ2n) is 7.94. The molecule has 1 N–H and O–H groups in total. The van der Waals surface area contributed by atoms with E-state index in [-0.39, 0.29) is 18.1 Å². The van der Waals surface area contributed by atoms with Gasteiger partial charge < -0.3 is 19.7 Å². The third-order valence-electron chi connectivity index (χ3n) is 4.32. The molecule has 0 saturated carbocycles. The molecule has 6 nitrogen and oxygen atoms in total. The summed E-state index contributed by atoms with van der Waals surface area (Å²) >= 11 is 5.84. The summed E-state index contributed by atoms with van der Waals surface area (Å²) in [6, 6.07) is 13.9. The maximum absolute atomic E-state index is 12.3. The number of nitrogens with one attached hydrogen (secondary N) is 1. The summed E-state index contributed by atoms with van der Waals surface area (Å²) in [6.07, 6.45) is 0.342. The third kappa shape index (κ3) is 6.12. The molecule has 2 amide bonds. The summed E-state index contributed by atoms with van der Waals surface area (Å²) < 4.78 is 11.4. The van der Waals surface area contributed by atoms with Crippen molar-refractivity contribution in [2.45, 2.75) is 38.9 Å². The number of hydrogen-bond acceptors (Lipinski definition) is 4. The molecule has 1 saturated heterocycles. The molecule has 1 aliphatic rings. The molecule has 1 heterocycles. The Bertz CT molecular complexity index is 860. The van der Waals surface area contributed by atoms with Crippen LogP contribution in [0.1, 0.15) is 37.6 Å². The normalized spacial score (nSPS) is 16.4. The zero-order valence-electron chi connectivity index (χ0n) is 16.8. The number of likely N-dealkylation sites (tertiary alicyclic amines) is 1. The highest BCUT2D eigenvalue weighted by Crippen LogP contribution is 2.22. The van der Waals surface area contributed by atoms with Gasteiger partial charge in [-0.05, 0) is 69.3 Å². The van der Waals surface area contributed by atoms with Crippen molar-refractivity contribution in [2.75, 3.05) is 18.4 Å². The Kier molecular flexibility index (Phi) is 6.33. The highest BCUT2D eigenvalue weighted by molar-refractivity contribution is 6.30. The SMILES string of the molecule is CC(C)(C)OC(=O)N1CCC(Oc2ccc(NC(=O)c3ccc(Cl)cc3)cc2)C1. The number of carbonyl (C=O) groups excluding carboxylic acids is 2. The van der Waals surface area contributed by atoms with Crippen molar-refractivity contribution < 1.29 is 19.1 Å². The van der Waals surface area contributed by atoms with Crippen LogP contribution in [-0.4, -0.2) is 41.7 Å². The van der Waals surface area contributed by atoms with Crippen molar-refractivity contribution in [1.82, 2.24) is 4.90 Å². The van der Waals surface area contributed by atoms with Crippen molar-refractivity contribution in [1.29, 1.82) is 0 Å². The predicted molar refractivity (Wildman–Crippen MR) is 113 cm³/mol. The van der Waals surface area contributed by atoms with E-state index < -0.39 is 5.60 Å². The molecule has 0 bridgehead atoms. The molecule has 1 atom stereocenters. The second kappa shape index (κ2) is 8.74. The molecule has 7 heteroatoms. The van der Waals surface area contributed by atoms with Gasteiger partial charge in [0.1, 0.15) is 17.5 Å². The van der Waals surface area contributed by atoms with Crippen LogP contribution in [-0.2, 0) is 4.74 Å². The molecule has 2 aromatic rings. The molecule has 3 rings (SSSR count). The number of rotatable bonds is 4. The fraction of sp³-hybridized carbons (Fsp3) is 0.364. The molecular formula is C22H25ClN2O4. The molecule has 29 heavy (non-hydrogen) atoms. The maximum atomic E-state index is 12.3. The van der Waals surface area contributed by atoms with Gasteiger partial charge >= 0.3 is 6.09 Å². The molecular weight excluding hydrogens is 392 g/mol. The Morgan fingerprint density at radius 1 is 1.07 bits per heavy atom. The maximum Gasteiger partial charge on any atom is 0.410 e. The first-order valence-electron chi connectivity index (χ1n) is 9.51. The van der Waals surface area contributed by atoms with Gasteiger partial charge in [-0.1, -0.05) is 11.6 Å². The highest BCUT2D eigenvalue weighted by atomic mass is 35.5. The van der Waals surface area contributed by atoms with Gasteiger partial charge in [0, 0.05) is 29.2 Å². The van der Waals surface area contributed by atoms with E-state index in [0.29, 0.717) is 35.1 Å². The largest absolute Gasteiger partial charge is 0.489 e. The quantitative estimate of drug-likeness (QED) is 0.763. The summed E-state index contributed by atoms with van der Waals surface area (Å²) in [5.41, 5.74) is 0.685. The standard InChI is InChI=1S/C22H25ClN2O4/c1-22(2,3)29-21(27)25-13-12-19(14-25)28-18-10-8-17(9-11-18)24-20(26)15-4-6-16(23)7-5-15/h4-11,19H,12-14H2,1-3H3,(H,24,26). The fourth-order valence-electron chi connectivity index (χ4n) is 2.93. The second-order valence-corrected chi connectivity index (χ2v) is 8.38. The van der Waals surface area contributed by atoms with E-state index in [1.165, 1.54) is 0 Å². The van der Waals surface area contributed by atoms with Crippen LogP contribution in [0, 0.1) is 0 Å². The summed E-state index contributed by atoms with van der Waals surface area (Å²) in [4.78, 5) is 26.1. The molecule has 0 radical (unpaired) electrons. The minimum Gasteiger partial charge on any atom is -0.489 e. The Labute approximate surface area is 175 Å². The van der Waals surface area contributed by atoms with Gasteiger partial charge in [-0.2, -0.15) is 0 Å². The van der Waals surface area contributed by atoms with Crippen LogP contribution in [0.25, 0.3) is 0 Å². The van der Waals surface area contributed by atoms with Crippen LogP contribution in [0.15, 0.2) is 48.5 Å². The van der Waals surface area contributed by atoms with Crippen LogP contribution < -0.4 is 10.1 Å². The monoisotopic (exact) mass is 416 g/mol. The number of carbonyl (C=O) groups is 2. The highest BCUT2D eigenvalue weighted by Gasteiger charge is 2.30. The zero-order valence-corrected chi connectivity index (χ0v) is 17.5. The van der Waals surface area contributed by atoms with Crippen LogP contribution in [0.5, 0.6) is 5.75 Å². The van der Waals surface area contributed by atoms with E-state index in [4.69, 9.17) is 21.1 Å². The first kappa shape index (κ1) is 21.0. The Morgan fingerprint density at radius 2 is 1.72 bits per heavy atom. The molecule has 2 aromatic carbocycles. The van der Waals surface area contributed by atoms with E-state index >= 15 is 0 Å². The molecule has 154 valence electrons. The number of amides is 2. The average molecular weight is 417 g/mol. The average Bonchev–Trinajstić information content (AvgIpc) is 3.11. The van der Waals surface area contributed by atoms with E-state index in [2.05, 4.69) is 5.32 Å². The van der Waals surface area contributed by atoms with E-state index in [1.807, 2.05) is 20.8 Å². The van der Waals surface area contributed by atoms with Crippen molar-refractivity contribution in [3.05, 3.63) is 59.1 Å². The van der Waals surface area contributed by atoms with Crippen LogP contribution >= 0.6 is 11.6 Å². The lowest BCUT2D eigenvalue weighted by Crippen LogP contribution is -2.36. The number of benzene rings is 2. The number of hydrogen-bond donors (Lipinski definition) is 1. The minimum atomic E-state index is -0.512. The van der Waals surface area contributed by atoms with E-state index in [0.717, 1.165) is 6.42 Å². The van der Waals surface area contributed by atoms with Crippen LogP contribution in [0.3, 0.4) is 0 Å². The lowest BCUT2D eigenvalue weighted by molar-refractivity contribution is 0.0275. The molecule has 0 spiro atoms. The molecule has 0 aliphatic carbocycles. The lowest BCUT2D eigenvalue weighted by atomic mass is 10.2. The van der Waals surface area contributed by atoms with Gasteiger partial charge in [0.25, 0.3) is 5.91 Å². The number of halogens is 1. The first-order chi connectivity index (χ1) is 13.7. The van der Waals surface area contributed by atoms with Gasteiger partial charge in [0.05, 0.1) is 6.54 Å². The van der Waals surface area contributed by atoms with Gasteiger partial charge in [-0.25, -0.2) is 4.79 Å². The summed E-state index contributed by atoms with van der Waals surface area (Å²) in [5, 5.41) is 3.42. The van der Waals surface area contributed by atoms with E-state index in [9.17, 15) is 9.59 Å². The van der Waals surface area contributed by atoms with Crippen molar-refractivity contribution in [2.24, 2.45) is 0 Å². The van der Waals surface area contributed by atoms with E-state index in [1.54, 1.807) is 53.4 Å². The number of ether oxygens (including phenoxy) is 2. The molecule has 0 aromatic heterocycles. The van der Waals surface area contributed by atoms with Gasteiger partial charge in [0.2, 0.25) is 0 Å². The van der Waals surface area contributed by atoms with Gasteiger partial charge in [-0.15, -0.1) is 0 Å². The Hall–Kier alpha value is -2.73. The Balaban J connectivity index is 1.51. The topological polar surface area (TPSA) is 67.9 Å². The van der Waals surface area contributed by atoms with Gasteiger partial charge in [-0.3, -0.25) is 4.79 Å². The zero-order chi connectivity index (χ0) is 21.0. The molecule has 1 aliphatic heterocycles. The first-order valence-corrected chi connectivity index (χ1v) is 9.89. The fourth-order valence-corrected chi connectivity index (χ4v) is 3.06. The number of nitrogens with zero attached hydrogens (tertiary/aromatic N) is 1.